The molecule has 0 radical (unpaired) electrons. The fourth-order valence-electron chi connectivity index (χ4n) is 8.89. The van der Waals surface area contributed by atoms with Gasteiger partial charge in [0.1, 0.15) is 0 Å². The number of carbonyl (C=O) groups is 2. The SMILES string of the molecule is CCC[C@@H]1CC2=CC(=O)C=C[C@]2(C)[C@H]2CC[C@@]3(C)[C@@H]([C@@H]4C[C@@H]4[C@@]3(O)CCC(=O)O)[C@H]12. The molecule has 0 aliphatic heterocycles. The number of aliphatic carboxylic acids is 1. The van der Waals surface area contributed by atoms with Crippen molar-refractivity contribution in [3.63, 3.8) is 0 Å². The van der Waals surface area contributed by atoms with E-state index in [9.17, 15) is 19.8 Å². The molecule has 0 amide bonds. The Morgan fingerprint density at radius 3 is 2.73 bits per heavy atom. The van der Waals surface area contributed by atoms with Crippen LogP contribution in [0.5, 0.6) is 0 Å². The van der Waals surface area contributed by atoms with Crippen molar-refractivity contribution < 1.29 is 19.8 Å². The molecule has 0 aromatic heterocycles. The first kappa shape index (κ1) is 20.5. The second kappa shape index (κ2) is 6.54. The lowest BCUT2D eigenvalue weighted by molar-refractivity contribution is -0.162. The summed E-state index contributed by atoms with van der Waals surface area (Å²) in [6.45, 7) is 6.86. The Labute approximate surface area is 179 Å². The number of aliphatic hydroxyl groups is 1. The summed E-state index contributed by atoms with van der Waals surface area (Å²) in [6, 6.07) is 0. The molecule has 0 unspecified atom stereocenters. The molecule has 0 saturated heterocycles. The van der Waals surface area contributed by atoms with E-state index in [2.05, 4.69) is 26.8 Å². The van der Waals surface area contributed by atoms with Crippen LogP contribution in [0, 0.1) is 46.3 Å². The highest BCUT2D eigenvalue weighted by Gasteiger charge is 2.76. The lowest BCUT2D eigenvalue weighted by atomic mass is 9.43. The van der Waals surface area contributed by atoms with E-state index < -0.39 is 11.6 Å². The van der Waals surface area contributed by atoms with Gasteiger partial charge >= 0.3 is 5.97 Å². The van der Waals surface area contributed by atoms with E-state index in [0.717, 1.165) is 32.1 Å². The first-order chi connectivity index (χ1) is 14.2. The number of hydrogen-bond donors (Lipinski definition) is 2. The van der Waals surface area contributed by atoms with E-state index in [1.54, 1.807) is 6.08 Å². The number of rotatable bonds is 5. The summed E-state index contributed by atoms with van der Waals surface area (Å²) in [5, 5.41) is 21.2. The lowest BCUT2D eigenvalue weighted by Crippen LogP contribution is -2.58. The second-order valence-electron chi connectivity index (χ2n) is 11.4. The zero-order valence-corrected chi connectivity index (χ0v) is 18.6. The molecule has 5 rings (SSSR count). The van der Waals surface area contributed by atoms with Gasteiger partial charge in [0.2, 0.25) is 0 Å². The number of allylic oxidation sites excluding steroid dienone is 4. The number of carboxylic acids is 1. The summed E-state index contributed by atoms with van der Waals surface area (Å²) in [6.07, 6.45) is 12.7. The van der Waals surface area contributed by atoms with Gasteiger partial charge in [0, 0.05) is 11.8 Å². The summed E-state index contributed by atoms with van der Waals surface area (Å²) in [5.74, 6) is 2.25. The van der Waals surface area contributed by atoms with Gasteiger partial charge in [-0.2, -0.15) is 0 Å². The molecule has 4 nitrogen and oxygen atoms in total. The van der Waals surface area contributed by atoms with Crippen LogP contribution in [0.2, 0.25) is 0 Å². The number of carbonyl (C=O) groups excluding carboxylic acids is 1. The van der Waals surface area contributed by atoms with Crippen LogP contribution in [0.15, 0.2) is 23.8 Å². The van der Waals surface area contributed by atoms with Crippen LogP contribution in [0.4, 0.5) is 0 Å². The molecular weight excluding hydrogens is 376 g/mol. The molecular formula is C26H36O4. The highest BCUT2D eigenvalue weighted by atomic mass is 16.4. The third-order valence-corrected chi connectivity index (χ3v) is 10.3. The predicted molar refractivity (Wildman–Crippen MR) is 115 cm³/mol. The van der Waals surface area contributed by atoms with Crippen LogP contribution in [0.25, 0.3) is 0 Å². The third-order valence-electron chi connectivity index (χ3n) is 10.3. The summed E-state index contributed by atoms with van der Waals surface area (Å²) in [4.78, 5) is 23.5. The molecule has 0 heterocycles. The van der Waals surface area contributed by atoms with E-state index in [-0.39, 0.29) is 29.0 Å². The fourth-order valence-corrected chi connectivity index (χ4v) is 8.89. The topological polar surface area (TPSA) is 74.6 Å². The Bertz CT molecular complexity index is 842. The van der Waals surface area contributed by atoms with Crippen molar-refractivity contribution in [2.24, 2.45) is 46.3 Å². The molecule has 0 bridgehead atoms. The normalized spacial score (nSPS) is 50.8. The monoisotopic (exact) mass is 412 g/mol. The van der Waals surface area contributed by atoms with Crippen molar-refractivity contribution >= 4 is 11.8 Å². The Morgan fingerprint density at radius 1 is 1.27 bits per heavy atom. The van der Waals surface area contributed by atoms with E-state index in [4.69, 9.17) is 0 Å². The molecule has 2 N–H and O–H groups in total. The first-order valence-electron chi connectivity index (χ1n) is 12.0. The standard InChI is InChI=1S/C26H36O4/c1-4-5-15-12-16-13-17(27)6-9-24(16,2)19-7-10-25(3)23(22(15)19)18-14-20(18)26(25,30)11-8-21(28)29/h6,9,13,15,18-20,22-23,30H,4-5,7-8,10-12,14H2,1-3H3,(H,28,29)/t15-,18-,19+,20+,22-,23+,24+,25+,26+/m1/s1. The van der Waals surface area contributed by atoms with Crippen molar-refractivity contribution in [1.82, 2.24) is 0 Å². The summed E-state index contributed by atoms with van der Waals surface area (Å²) < 4.78 is 0. The van der Waals surface area contributed by atoms with Gasteiger partial charge in [0.25, 0.3) is 0 Å². The minimum absolute atomic E-state index is 0.0453. The van der Waals surface area contributed by atoms with Gasteiger partial charge in [-0.3, -0.25) is 9.59 Å². The van der Waals surface area contributed by atoms with E-state index in [0.29, 0.717) is 36.0 Å². The molecule has 0 spiro atoms. The van der Waals surface area contributed by atoms with Gasteiger partial charge in [-0.15, -0.1) is 0 Å². The Hall–Kier alpha value is -1.42. The van der Waals surface area contributed by atoms with Crippen molar-refractivity contribution in [3.05, 3.63) is 23.8 Å². The van der Waals surface area contributed by atoms with Crippen LogP contribution in [-0.2, 0) is 9.59 Å². The van der Waals surface area contributed by atoms with Crippen molar-refractivity contribution in [2.75, 3.05) is 0 Å². The maximum absolute atomic E-state index is 12.1. The van der Waals surface area contributed by atoms with E-state index in [1.807, 2.05) is 6.08 Å². The van der Waals surface area contributed by atoms with Crippen LogP contribution < -0.4 is 0 Å². The number of ketones is 1. The molecule has 0 aromatic carbocycles. The van der Waals surface area contributed by atoms with Gasteiger partial charge in [-0.05, 0) is 85.2 Å². The molecule has 4 heteroatoms. The molecule has 5 aliphatic rings. The smallest absolute Gasteiger partial charge is 0.303 e. The fraction of sp³-hybridized carbons (Fsp3) is 0.769. The molecule has 0 aromatic rings. The minimum atomic E-state index is -0.835. The molecule has 164 valence electrons. The van der Waals surface area contributed by atoms with Crippen LogP contribution in [-0.4, -0.2) is 27.6 Å². The van der Waals surface area contributed by atoms with Crippen LogP contribution in [0.3, 0.4) is 0 Å². The summed E-state index contributed by atoms with van der Waals surface area (Å²) in [7, 11) is 0. The Balaban J connectivity index is 1.54. The molecule has 5 aliphatic carbocycles. The zero-order valence-electron chi connectivity index (χ0n) is 18.6. The Morgan fingerprint density at radius 2 is 2.03 bits per heavy atom. The average Bonchev–Trinajstić information content (AvgIpc) is 3.45. The number of carboxylic acid groups (broad SMARTS) is 1. The van der Waals surface area contributed by atoms with Crippen molar-refractivity contribution in [2.45, 2.75) is 77.7 Å². The van der Waals surface area contributed by atoms with Gasteiger partial charge in [0.15, 0.2) is 5.78 Å². The predicted octanol–water partition coefficient (Wildman–Crippen LogP) is 4.77. The summed E-state index contributed by atoms with van der Waals surface area (Å²) >= 11 is 0. The lowest BCUT2D eigenvalue weighted by Gasteiger charge is -2.61. The first-order valence-corrected chi connectivity index (χ1v) is 12.0. The van der Waals surface area contributed by atoms with E-state index >= 15 is 0 Å². The highest BCUT2D eigenvalue weighted by molar-refractivity contribution is 6.01. The molecule has 30 heavy (non-hydrogen) atoms. The quantitative estimate of drug-likeness (QED) is 0.682. The third kappa shape index (κ3) is 2.55. The van der Waals surface area contributed by atoms with Gasteiger partial charge in [-0.1, -0.05) is 45.3 Å². The van der Waals surface area contributed by atoms with E-state index in [1.165, 1.54) is 12.0 Å². The largest absolute Gasteiger partial charge is 0.481 e. The molecule has 9 atom stereocenters. The number of hydrogen-bond acceptors (Lipinski definition) is 3. The van der Waals surface area contributed by atoms with Crippen LogP contribution >= 0.6 is 0 Å². The minimum Gasteiger partial charge on any atom is -0.481 e. The second-order valence-corrected chi connectivity index (χ2v) is 11.4. The van der Waals surface area contributed by atoms with Crippen molar-refractivity contribution in [3.8, 4) is 0 Å². The average molecular weight is 413 g/mol. The highest BCUT2D eigenvalue weighted by Crippen LogP contribution is 2.78. The molecule has 4 saturated carbocycles. The number of fused-ring (bicyclic) bond motifs is 7. The maximum Gasteiger partial charge on any atom is 0.303 e. The maximum atomic E-state index is 12.1. The van der Waals surface area contributed by atoms with Gasteiger partial charge in [0.05, 0.1) is 5.60 Å². The molecule has 4 fully saturated rings. The van der Waals surface area contributed by atoms with Gasteiger partial charge < -0.3 is 10.2 Å². The van der Waals surface area contributed by atoms with Gasteiger partial charge in [-0.25, -0.2) is 0 Å². The summed E-state index contributed by atoms with van der Waals surface area (Å²) in [5.41, 5.74) is 0.258. The van der Waals surface area contributed by atoms with Crippen LogP contribution in [0.1, 0.15) is 72.1 Å². The van der Waals surface area contributed by atoms with Crippen molar-refractivity contribution in [1.29, 1.82) is 0 Å². The zero-order chi connectivity index (χ0) is 21.5. The Kier molecular flexibility index (Phi) is 4.47.